The van der Waals surface area contributed by atoms with Crippen LogP contribution >= 0.6 is 31.9 Å². The van der Waals surface area contributed by atoms with Crippen molar-refractivity contribution in [2.24, 2.45) is 0 Å². The number of rotatable bonds is 3. The largest absolute Gasteiger partial charge is 0.261 e. The van der Waals surface area contributed by atoms with Gasteiger partial charge in [0.05, 0.1) is 0 Å². The van der Waals surface area contributed by atoms with Gasteiger partial charge in [-0.15, -0.1) is 0 Å². The summed E-state index contributed by atoms with van der Waals surface area (Å²) in [5.41, 5.74) is 2.37. The smallest absolute Gasteiger partial charge is 0.0476 e. The maximum absolute atomic E-state index is 4.41. The van der Waals surface area contributed by atoms with Gasteiger partial charge < -0.3 is 0 Å². The van der Waals surface area contributed by atoms with Crippen LogP contribution < -0.4 is 0 Å². The van der Waals surface area contributed by atoms with Crippen LogP contribution in [0.3, 0.4) is 0 Å². The van der Waals surface area contributed by atoms with Crippen molar-refractivity contribution in [1.29, 1.82) is 0 Å². The molecule has 0 N–H and O–H groups in total. The molecule has 1 heterocycles. The Morgan fingerprint density at radius 2 is 1.94 bits per heavy atom. The molecule has 0 aliphatic rings. The minimum atomic E-state index is 0.273. The van der Waals surface area contributed by atoms with Crippen molar-refractivity contribution in [3.8, 4) is 0 Å². The number of hydrogen-bond acceptors (Lipinski definition) is 1. The molecule has 0 amide bonds. The van der Waals surface area contributed by atoms with Crippen molar-refractivity contribution in [2.75, 3.05) is 0 Å². The van der Waals surface area contributed by atoms with Crippen molar-refractivity contribution in [3.63, 3.8) is 0 Å². The fourth-order valence-electron chi connectivity index (χ4n) is 1.76. The standard InChI is InChI=1S/C14H13Br2N/c1-10(13-7-2-3-8-17-13)14(16)11-5-4-6-12(15)9-11/h2-10,14H,1H3. The van der Waals surface area contributed by atoms with Crippen molar-refractivity contribution in [3.05, 3.63) is 64.4 Å². The summed E-state index contributed by atoms with van der Waals surface area (Å²) in [4.78, 5) is 4.68. The highest BCUT2D eigenvalue weighted by atomic mass is 79.9. The fourth-order valence-corrected chi connectivity index (χ4v) is 2.73. The molecule has 2 atom stereocenters. The maximum atomic E-state index is 4.41. The Hall–Kier alpha value is -0.670. The van der Waals surface area contributed by atoms with Crippen LogP contribution in [0.4, 0.5) is 0 Å². The third-order valence-electron chi connectivity index (χ3n) is 2.76. The van der Waals surface area contributed by atoms with Gasteiger partial charge in [-0.05, 0) is 29.8 Å². The quantitative estimate of drug-likeness (QED) is 0.700. The van der Waals surface area contributed by atoms with E-state index >= 15 is 0 Å². The molecule has 1 aromatic carbocycles. The molecule has 1 aromatic heterocycles. The molecule has 0 aliphatic carbocycles. The molecular weight excluding hydrogens is 342 g/mol. The van der Waals surface area contributed by atoms with E-state index in [9.17, 15) is 0 Å². The van der Waals surface area contributed by atoms with Gasteiger partial charge in [-0.1, -0.05) is 57.0 Å². The Morgan fingerprint density at radius 3 is 2.59 bits per heavy atom. The number of benzene rings is 1. The van der Waals surface area contributed by atoms with Gasteiger partial charge in [0, 0.05) is 27.1 Å². The van der Waals surface area contributed by atoms with E-state index in [1.54, 1.807) is 0 Å². The lowest BCUT2D eigenvalue weighted by Crippen LogP contribution is -2.03. The Labute approximate surface area is 119 Å². The van der Waals surface area contributed by atoms with Gasteiger partial charge in [-0.3, -0.25) is 4.98 Å². The van der Waals surface area contributed by atoms with Gasteiger partial charge >= 0.3 is 0 Å². The summed E-state index contributed by atoms with van der Waals surface area (Å²) < 4.78 is 1.10. The molecule has 0 bridgehead atoms. The summed E-state index contributed by atoms with van der Waals surface area (Å²) in [6.45, 7) is 2.18. The van der Waals surface area contributed by atoms with E-state index in [1.165, 1.54) is 5.56 Å². The van der Waals surface area contributed by atoms with E-state index in [0.29, 0.717) is 5.92 Å². The molecule has 17 heavy (non-hydrogen) atoms. The lowest BCUT2D eigenvalue weighted by molar-refractivity contribution is 0.724. The third-order valence-corrected chi connectivity index (χ3v) is 4.58. The average Bonchev–Trinajstić information content (AvgIpc) is 2.38. The monoisotopic (exact) mass is 353 g/mol. The Balaban J connectivity index is 2.23. The molecule has 0 saturated carbocycles. The minimum absolute atomic E-state index is 0.273. The first-order chi connectivity index (χ1) is 8.18. The second-order valence-corrected chi connectivity index (χ2v) is 5.90. The number of halogens is 2. The Morgan fingerprint density at radius 1 is 1.12 bits per heavy atom. The predicted octanol–water partition coefficient (Wildman–Crippen LogP) is 5.08. The zero-order valence-electron chi connectivity index (χ0n) is 9.48. The SMILES string of the molecule is CC(c1ccccn1)C(Br)c1cccc(Br)c1. The molecule has 0 spiro atoms. The van der Waals surface area contributed by atoms with Crippen LogP contribution in [0.5, 0.6) is 0 Å². The highest BCUT2D eigenvalue weighted by Gasteiger charge is 2.18. The zero-order valence-corrected chi connectivity index (χ0v) is 12.6. The topological polar surface area (TPSA) is 12.9 Å². The van der Waals surface area contributed by atoms with Crippen molar-refractivity contribution in [2.45, 2.75) is 17.7 Å². The van der Waals surface area contributed by atoms with Crippen LogP contribution in [0.1, 0.15) is 28.9 Å². The molecule has 0 saturated heterocycles. The van der Waals surface area contributed by atoms with Crippen LogP contribution in [-0.2, 0) is 0 Å². The number of pyridine rings is 1. The number of aromatic nitrogens is 1. The van der Waals surface area contributed by atoms with Gasteiger partial charge in [-0.25, -0.2) is 0 Å². The molecule has 0 radical (unpaired) electrons. The number of nitrogens with zero attached hydrogens (tertiary/aromatic N) is 1. The first-order valence-corrected chi connectivity index (χ1v) is 7.20. The van der Waals surface area contributed by atoms with Gasteiger partial charge in [0.15, 0.2) is 0 Å². The molecule has 2 unspecified atom stereocenters. The first kappa shape index (κ1) is 12.8. The van der Waals surface area contributed by atoms with Crippen LogP contribution in [0.2, 0.25) is 0 Å². The van der Waals surface area contributed by atoms with Gasteiger partial charge in [-0.2, -0.15) is 0 Å². The normalized spacial score (nSPS) is 14.3. The van der Waals surface area contributed by atoms with E-state index in [-0.39, 0.29) is 4.83 Å². The zero-order chi connectivity index (χ0) is 12.3. The Kier molecular flexibility index (Phi) is 4.35. The lowest BCUT2D eigenvalue weighted by atomic mass is 9.97. The summed E-state index contributed by atoms with van der Waals surface area (Å²) in [6, 6.07) is 14.4. The van der Waals surface area contributed by atoms with Crippen molar-refractivity contribution in [1.82, 2.24) is 4.98 Å². The molecule has 2 aromatic rings. The predicted molar refractivity (Wildman–Crippen MR) is 78.5 cm³/mol. The first-order valence-electron chi connectivity index (χ1n) is 5.49. The number of alkyl halides is 1. The third kappa shape index (κ3) is 3.17. The number of hydrogen-bond donors (Lipinski definition) is 0. The van der Waals surface area contributed by atoms with Gasteiger partial charge in [0.2, 0.25) is 0 Å². The lowest BCUT2D eigenvalue weighted by Gasteiger charge is -2.18. The molecule has 2 rings (SSSR count). The molecule has 0 fully saturated rings. The summed E-state index contributed by atoms with van der Waals surface area (Å²) in [5, 5.41) is 0. The van der Waals surface area contributed by atoms with E-state index in [2.05, 4.69) is 68.0 Å². The second-order valence-electron chi connectivity index (χ2n) is 4.00. The molecule has 1 nitrogen and oxygen atoms in total. The molecular formula is C14H13Br2N. The molecule has 0 aliphatic heterocycles. The van der Waals surface area contributed by atoms with Crippen LogP contribution in [-0.4, -0.2) is 4.98 Å². The minimum Gasteiger partial charge on any atom is -0.261 e. The van der Waals surface area contributed by atoms with Crippen LogP contribution in [0, 0.1) is 0 Å². The average molecular weight is 355 g/mol. The summed E-state index contributed by atoms with van der Waals surface area (Å²) >= 11 is 7.26. The fraction of sp³-hybridized carbons (Fsp3) is 0.214. The maximum Gasteiger partial charge on any atom is 0.0476 e. The van der Waals surface area contributed by atoms with Crippen molar-refractivity contribution >= 4 is 31.9 Å². The summed E-state index contributed by atoms with van der Waals surface area (Å²) in [6.07, 6.45) is 1.84. The highest BCUT2D eigenvalue weighted by Crippen LogP contribution is 2.37. The molecule has 88 valence electrons. The molecule has 3 heteroatoms. The van der Waals surface area contributed by atoms with E-state index in [4.69, 9.17) is 0 Å². The van der Waals surface area contributed by atoms with Gasteiger partial charge in [0.1, 0.15) is 0 Å². The van der Waals surface area contributed by atoms with E-state index < -0.39 is 0 Å². The Bertz CT molecular complexity index is 485. The van der Waals surface area contributed by atoms with E-state index in [1.807, 2.05) is 24.4 Å². The van der Waals surface area contributed by atoms with Crippen LogP contribution in [0.25, 0.3) is 0 Å². The summed E-state index contributed by atoms with van der Waals surface area (Å²) in [7, 11) is 0. The van der Waals surface area contributed by atoms with E-state index in [0.717, 1.165) is 10.2 Å². The van der Waals surface area contributed by atoms with Gasteiger partial charge in [0.25, 0.3) is 0 Å². The second kappa shape index (κ2) is 5.78. The van der Waals surface area contributed by atoms with Crippen LogP contribution in [0.15, 0.2) is 53.1 Å². The summed E-state index contributed by atoms with van der Waals surface area (Å²) in [5.74, 6) is 0.338. The highest BCUT2D eigenvalue weighted by molar-refractivity contribution is 9.10. The van der Waals surface area contributed by atoms with Crippen molar-refractivity contribution < 1.29 is 0 Å².